The summed E-state index contributed by atoms with van der Waals surface area (Å²) < 4.78 is 2.62. The van der Waals surface area contributed by atoms with Crippen molar-refractivity contribution in [1.29, 1.82) is 0 Å². The van der Waals surface area contributed by atoms with E-state index in [1.165, 1.54) is 0 Å². The maximum absolute atomic E-state index is 13.1. The molecule has 27 heavy (non-hydrogen) atoms. The monoisotopic (exact) mass is 425 g/mol. The molecule has 0 fully saturated rings. The number of nitrogens with zero attached hydrogens (tertiary/aromatic N) is 3. The number of carbonyl (C=O) groups excluding carboxylic acids is 1. The van der Waals surface area contributed by atoms with Crippen LogP contribution in [0.5, 0.6) is 0 Å². The number of hydrogen-bond acceptors (Lipinski definition) is 3. The van der Waals surface area contributed by atoms with Crippen molar-refractivity contribution in [2.24, 2.45) is 0 Å². The van der Waals surface area contributed by atoms with E-state index in [1.54, 1.807) is 10.6 Å². The first-order valence-electron chi connectivity index (χ1n) is 9.14. The molecule has 0 radical (unpaired) electrons. The Morgan fingerprint density at radius 2 is 1.85 bits per heavy atom. The SMILES string of the molecule is CCN1C(=O)C(Cc2nc3ccccc3c(=O)n2CC)c2cc(Br)ccc21. The molecule has 1 unspecified atom stereocenters. The predicted octanol–water partition coefficient (Wildman–Crippen LogP) is 3.87. The van der Waals surface area contributed by atoms with Crippen molar-refractivity contribution < 1.29 is 4.79 Å². The van der Waals surface area contributed by atoms with Gasteiger partial charge in [0.05, 0.1) is 16.8 Å². The van der Waals surface area contributed by atoms with Crippen LogP contribution in [0.2, 0.25) is 0 Å². The van der Waals surface area contributed by atoms with E-state index in [4.69, 9.17) is 4.98 Å². The Kier molecular flexibility index (Phi) is 4.60. The third-order valence-corrected chi connectivity index (χ3v) is 5.67. The summed E-state index contributed by atoms with van der Waals surface area (Å²) in [7, 11) is 0. The van der Waals surface area contributed by atoms with E-state index in [1.807, 2.05) is 55.1 Å². The molecule has 1 aliphatic rings. The fourth-order valence-corrected chi connectivity index (χ4v) is 4.27. The average molecular weight is 426 g/mol. The van der Waals surface area contributed by atoms with E-state index >= 15 is 0 Å². The second-order valence-electron chi connectivity index (χ2n) is 6.64. The Hall–Kier alpha value is -2.47. The molecule has 0 bridgehead atoms. The molecule has 1 aromatic heterocycles. The molecule has 0 aliphatic carbocycles. The molecule has 138 valence electrons. The minimum absolute atomic E-state index is 0.0506. The zero-order valence-electron chi connectivity index (χ0n) is 15.3. The van der Waals surface area contributed by atoms with Crippen LogP contribution in [-0.4, -0.2) is 22.0 Å². The van der Waals surface area contributed by atoms with Gasteiger partial charge in [0.25, 0.3) is 5.56 Å². The van der Waals surface area contributed by atoms with E-state index in [0.29, 0.717) is 36.2 Å². The van der Waals surface area contributed by atoms with Crippen molar-refractivity contribution in [2.45, 2.75) is 32.7 Å². The van der Waals surface area contributed by atoms with Crippen molar-refractivity contribution in [3.05, 3.63) is 68.7 Å². The molecule has 2 aromatic carbocycles. The molecule has 1 atom stereocenters. The normalized spacial score (nSPS) is 16.2. The molecule has 0 saturated carbocycles. The molecule has 0 spiro atoms. The van der Waals surface area contributed by atoms with E-state index in [2.05, 4.69) is 15.9 Å². The van der Waals surface area contributed by atoms with Gasteiger partial charge in [0, 0.05) is 29.7 Å². The summed E-state index contributed by atoms with van der Waals surface area (Å²) >= 11 is 3.51. The average Bonchev–Trinajstić information content (AvgIpc) is 2.93. The Morgan fingerprint density at radius 3 is 2.59 bits per heavy atom. The molecule has 6 heteroatoms. The smallest absolute Gasteiger partial charge is 0.261 e. The van der Waals surface area contributed by atoms with Gasteiger partial charge < -0.3 is 4.90 Å². The summed E-state index contributed by atoms with van der Waals surface area (Å²) in [4.78, 5) is 32.5. The number of fused-ring (bicyclic) bond motifs is 2. The highest BCUT2D eigenvalue weighted by atomic mass is 79.9. The van der Waals surface area contributed by atoms with Gasteiger partial charge >= 0.3 is 0 Å². The number of aromatic nitrogens is 2. The number of para-hydroxylation sites is 1. The van der Waals surface area contributed by atoms with Crippen LogP contribution >= 0.6 is 15.9 Å². The van der Waals surface area contributed by atoms with Crippen LogP contribution in [0.25, 0.3) is 10.9 Å². The fraction of sp³-hybridized carbons (Fsp3) is 0.286. The molecule has 3 aromatic rings. The minimum atomic E-state index is -0.330. The van der Waals surface area contributed by atoms with Crippen LogP contribution in [0, 0.1) is 0 Å². The first-order valence-corrected chi connectivity index (χ1v) is 9.93. The van der Waals surface area contributed by atoms with Crippen LogP contribution in [0.15, 0.2) is 51.7 Å². The number of halogens is 1. The lowest BCUT2D eigenvalue weighted by atomic mass is 9.96. The van der Waals surface area contributed by atoms with Crippen LogP contribution in [0.3, 0.4) is 0 Å². The molecule has 1 amide bonds. The van der Waals surface area contributed by atoms with Crippen LogP contribution in [0.4, 0.5) is 5.69 Å². The number of rotatable bonds is 4. The van der Waals surface area contributed by atoms with Crippen molar-refractivity contribution in [3.63, 3.8) is 0 Å². The number of likely N-dealkylation sites (N-methyl/N-ethyl adjacent to an activating group) is 1. The van der Waals surface area contributed by atoms with Crippen molar-refractivity contribution in [3.8, 4) is 0 Å². The predicted molar refractivity (Wildman–Crippen MR) is 110 cm³/mol. The van der Waals surface area contributed by atoms with Crippen molar-refractivity contribution in [2.75, 3.05) is 11.4 Å². The zero-order chi connectivity index (χ0) is 19.1. The summed E-state index contributed by atoms with van der Waals surface area (Å²) in [6.45, 7) is 5.05. The maximum atomic E-state index is 13.1. The van der Waals surface area contributed by atoms with Crippen molar-refractivity contribution in [1.82, 2.24) is 9.55 Å². The number of benzene rings is 2. The van der Waals surface area contributed by atoms with Gasteiger partial charge in [-0.2, -0.15) is 0 Å². The van der Waals surface area contributed by atoms with E-state index < -0.39 is 0 Å². The van der Waals surface area contributed by atoms with Gasteiger partial charge in [0.1, 0.15) is 5.82 Å². The third kappa shape index (κ3) is 2.88. The molecule has 4 rings (SSSR count). The lowest BCUT2D eigenvalue weighted by Gasteiger charge is -2.16. The highest BCUT2D eigenvalue weighted by Gasteiger charge is 2.37. The van der Waals surface area contributed by atoms with Crippen LogP contribution < -0.4 is 10.5 Å². The highest BCUT2D eigenvalue weighted by molar-refractivity contribution is 9.10. The number of hydrogen-bond donors (Lipinski definition) is 0. The van der Waals surface area contributed by atoms with Gasteiger partial charge in [0.15, 0.2) is 0 Å². The first kappa shape index (κ1) is 17.9. The zero-order valence-corrected chi connectivity index (χ0v) is 16.9. The standard InChI is InChI=1S/C21H20BrN3O2/c1-3-24-18-10-9-13(22)11-15(18)16(21(24)27)12-19-23-17-8-6-5-7-14(17)20(26)25(19)4-2/h5-11,16H,3-4,12H2,1-2H3. The van der Waals surface area contributed by atoms with Gasteiger partial charge in [-0.15, -0.1) is 0 Å². The number of anilines is 1. The van der Waals surface area contributed by atoms with Gasteiger partial charge in [-0.05, 0) is 49.7 Å². The third-order valence-electron chi connectivity index (χ3n) is 5.18. The lowest BCUT2D eigenvalue weighted by Crippen LogP contribution is -2.31. The summed E-state index contributed by atoms with van der Waals surface area (Å²) in [5.41, 5.74) is 2.56. The lowest BCUT2D eigenvalue weighted by molar-refractivity contribution is -0.119. The van der Waals surface area contributed by atoms with Gasteiger partial charge in [0.2, 0.25) is 5.91 Å². The number of amides is 1. The Morgan fingerprint density at radius 1 is 1.07 bits per heavy atom. The van der Waals surface area contributed by atoms with Gasteiger partial charge in [-0.25, -0.2) is 4.98 Å². The van der Waals surface area contributed by atoms with Crippen LogP contribution in [0.1, 0.15) is 31.2 Å². The Bertz CT molecular complexity index is 1110. The Labute approximate surface area is 165 Å². The summed E-state index contributed by atoms with van der Waals surface area (Å²) in [5, 5.41) is 0.610. The van der Waals surface area contributed by atoms with E-state index in [-0.39, 0.29) is 17.4 Å². The topological polar surface area (TPSA) is 55.2 Å². The molecule has 0 saturated heterocycles. The molecule has 2 heterocycles. The van der Waals surface area contributed by atoms with E-state index in [0.717, 1.165) is 15.7 Å². The van der Waals surface area contributed by atoms with E-state index in [9.17, 15) is 9.59 Å². The Balaban J connectivity index is 1.84. The minimum Gasteiger partial charge on any atom is -0.312 e. The fourth-order valence-electron chi connectivity index (χ4n) is 3.89. The summed E-state index contributed by atoms with van der Waals surface area (Å²) in [6.07, 6.45) is 0.409. The summed E-state index contributed by atoms with van der Waals surface area (Å²) in [6, 6.07) is 13.3. The largest absolute Gasteiger partial charge is 0.312 e. The van der Waals surface area contributed by atoms with Crippen molar-refractivity contribution >= 4 is 38.4 Å². The molecule has 0 N–H and O–H groups in total. The van der Waals surface area contributed by atoms with Crippen LogP contribution in [-0.2, 0) is 17.8 Å². The molecule has 5 nitrogen and oxygen atoms in total. The highest BCUT2D eigenvalue weighted by Crippen LogP contribution is 2.40. The molecule has 1 aliphatic heterocycles. The summed E-state index contributed by atoms with van der Waals surface area (Å²) in [5.74, 6) is 0.391. The quantitative estimate of drug-likeness (QED) is 0.637. The van der Waals surface area contributed by atoms with Gasteiger partial charge in [-0.1, -0.05) is 28.1 Å². The number of carbonyl (C=O) groups is 1. The first-order chi connectivity index (χ1) is 13.0. The second kappa shape index (κ2) is 6.93. The molecular weight excluding hydrogens is 406 g/mol. The second-order valence-corrected chi connectivity index (χ2v) is 7.55. The maximum Gasteiger partial charge on any atom is 0.261 e. The molecular formula is C21H20BrN3O2. The van der Waals surface area contributed by atoms with Gasteiger partial charge in [-0.3, -0.25) is 14.2 Å².